The van der Waals surface area contributed by atoms with Gasteiger partial charge in [-0.3, -0.25) is 4.79 Å². The lowest BCUT2D eigenvalue weighted by molar-refractivity contribution is -0.115. The number of carbonyl (C=O) groups excluding carboxylic acids is 2. The minimum absolute atomic E-state index is 0.180. The first-order chi connectivity index (χ1) is 11.4. The molecule has 0 unspecified atom stereocenters. The summed E-state index contributed by atoms with van der Waals surface area (Å²) >= 11 is 5.98. The predicted octanol–water partition coefficient (Wildman–Crippen LogP) is 3.23. The molecule has 5 nitrogen and oxygen atoms in total. The third-order valence-electron chi connectivity index (χ3n) is 3.23. The van der Waals surface area contributed by atoms with Crippen molar-refractivity contribution in [2.45, 2.75) is 13.5 Å². The number of anilines is 1. The number of benzene rings is 2. The van der Waals surface area contributed by atoms with E-state index in [2.05, 4.69) is 16.0 Å². The largest absolute Gasteiger partial charge is 0.334 e. The molecular formula is C17H17ClFN3O2. The maximum atomic E-state index is 12.8. The Hall–Kier alpha value is -2.60. The molecule has 2 rings (SSSR count). The summed E-state index contributed by atoms with van der Waals surface area (Å²) in [5, 5.41) is 8.21. The van der Waals surface area contributed by atoms with Gasteiger partial charge in [0.15, 0.2) is 0 Å². The molecule has 0 aliphatic carbocycles. The maximum Gasteiger partial charge on any atom is 0.315 e. The third-order valence-corrected chi connectivity index (χ3v) is 3.64. The van der Waals surface area contributed by atoms with Gasteiger partial charge in [-0.1, -0.05) is 29.8 Å². The Kier molecular flexibility index (Phi) is 6.14. The first kappa shape index (κ1) is 17.7. The number of aryl methyl sites for hydroxylation is 1. The number of urea groups is 1. The van der Waals surface area contributed by atoms with Crippen LogP contribution in [0.5, 0.6) is 0 Å². The van der Waals surface area contributed by atoms with Gasteiger partial charge in [-0.25, -0.2) is 9.18 Å². The third kappa shape index (κ3) is 5.55. The van der Waals surface area contributed by atoms with Gasteiger partial charge < -0.3 is 16.0 Å². The van der Waals surface area contributed by atoms with Crippen LogP contribution in [0, 0.1) is 12.7 Å². The summed E-state index contributed by atoms with van der Waals surface area (Å²) in [4.78, 5) is 23.4. The van der Waals surface area contributed by atoms with Crippen LogP contribution in [0.1, 0.15) is 11.1 Å². The normalized spacial score (nSPS) is 10.1. The van der Waals surface area contributed by atoms with Gasteiger partial charge in [0.2, 0.25) is 5.91 Å². The van der Waals surface area contributed by atoms with E-state index >= 15 is 0 Å². The molecule has 0 fully saturated rings. The van der Waals surface area contributed by atoms with Crippen molar-refractivity contribution in [1.29, 1.82) is 0 Å². The highest BCUT2D eigenvalue weighted by Crippen LogP contribution is 2.19. The molecule has 0 atom stereocenters. The Balaban J connectivity index is 1.73. The minimum atomic E-state index is -0.489. The Morgan fingerprint density at radius 3 is 2.46 bits per heavy atom. The SMILES string of the molecule is Cc1ccc(NC(=O)CNC(=O)NCc2ccc(F)cc2)cc1Cl. The number of hydrogen-bond acceptors (Lipinski definition) is 2. The number of amides is 3. The molecule has 0 spiro atoms. The highest BCUT2D eigenvalue weighted by Gasteiger charge is 2.06. The number of nitrogens with one attached hydrogen (secondary N) is 3. The zero-order valence-corrected chi connectivity index (χ0v) is 13.8. The van der Waals surface area contributed by atoms with Crippen LogP contribution < -0.4 is 16.0 Å². The maximum absolute atomic E-state index is 12.8. The Bertz CT molecular complexity index is 735. The van der Waals surface area contributed by atoms with Gasteiger partial charge in [-0.05, 0) is 42.3 Å². The second-order valence-electron chi connectivity index (χ2n) is 5.17. The van der Waals surface area contributed by atoms with E-state index in [9.17, 15) is 14.0 Å². The molecule has 3 amide bonds. The quantitative estimate of drug-likeness (QED) is 0.775. The smallest absolute Gasteiger partial charge is 0.315 e. The molecule has 0 radical (unpaired) electrons. The molecule has 24 heavy (non-hydrogen) atoms. The van der Waals surface area contributed by atoms with Crippen LogP contribution >= 0.6 is 11.6 Å². The fourth-order valence-electron chi connectivity index (χ4n) is 1.88. The van der Waals surface area contributed by atoms with Gasteiger partial charge in [-0.15, -0.1) is 0 Å². The summed E-state index contributed by atoms with van der Waals surface area (Å²) in [5.41, 5.74) is 2.22. The van der Waals surface area contributed by atoms with E-state index in [0.29, 0.717) is 10.7 Å². The Labute approximate surface area is 144 Å². The van der Waals surface area contributed by atoms with Crippen molar-refractivity contribution in [3.8, 4) is 0 Å². The van der Waals surface area contributed by atoms with Crippen molar-refractivity contribution in [3.05, 3.63) is 64.4 Å². The van der Waals surface area contributed by atoms with E-state index in [1.54, 1.807) is 30.3 Å². The molecule has 0 saturated carbocycles. The van der Waals surface area contributed by atoms with E-state index in [0.717, 1.165) is 11.1 Å². The highest BCUT2D eigenvalue weighted by atomic mass is 35.5. The number of carbonyl (C=O) groups is 2. The highest BCUT2D eigenvalue weighted by molar-refractivity contribution is 6.31. The number of hydrogen-bond donors (Lipinski definition) is 3. The summed E-state index contributed by atoms with van der Waals surface area (Å²) in [6.07, 6.45) is 0. The van der Waals surface area contributed by atoms with Gasteiger partial charge in [0.1, 0.15) is 5.82 Å². The standard InChI is InChI=1S/C17H17ClFN3O2/c1-11-2-7-14(8-15(11)18)22-16(23)10-21-17(24)20-9-12-3-5-13(19)6-4-12/h2-8H,9-10H2,1H3,(H,22,23)(H2,20,21,24). The molecule has 0 saturated heterocycles. The van der Waals surface area contributed by atoms with Crippen LogP contribution in [0.15, 0.2) is 42.5 Å². The Morgan fingerprint density at radius 2 is 1.79 bits per heavy atom. The van der Waals surface area contributed by atoms with Gasteiger partial charge in [0.05, 0.1) is 6.54 Å². The van der Waals surface area contributed by atoms with Crippen LogP contribution in [0.4, 0.5) is 14.9 Å². The zero-order valence-electron chi connectivity index (χ0n) is 13.0. The molecule has 0 aromatic heterocycles. The molecule has 0 aliphatic heterocycles. The first-order valence-corrected chi connectivity index (χ1v) is 7.64. The minimum Gasteiger partial charge on any atom is -0.334 e. The lowest BCUT2D eigenvalue weighted by Gasteiger charge is -2.09. The number of halogens is 2. The van der Waals surface area contributed by atoms with Crippen molar-refractivity contribution >= 4 is 29.2 Å². The second kappa shape index (κ2) is 8.31. The van der Waals surface area contributed by atoms with Crippen LogP contribution in [-0.4, -0.2) is 18.5 Å². The fraction of sp³-hybridized carbons (Fsp3) is 0.176. The second-order valence-corrected chi connectivity index (χ2v) is 5.58. The van der Waals surface area contributed by atoms with Gasteiger partial charge in [-0.2, -0.15) is 0 Å². The molecule has 7 heteroatoms. The van der Waals surface area contributed by atoms with Crippen molar-refractivity contribution < 1.29 is 14.0 Å². The van der Waals surface area contributed by atoms with Gasteiger partial charge in [0.25, 0.3) is 0 Å². The van der Waals surface area contributed by atoms with Crippen molar-refractivity contribution in [2.75, 3.05) is 11.9 Å². The summed E-state index contributed by atoms with van der Waals surface area (Å²) in [7, 11) is 0. The summed E-state index contributed by atoms with van der Waals surface area (Å²) in [6.45, 7) is 1.92. The summed E-state index contributed by atoms with van der Waals surface area (Å²) in [5.74, 6) is -0.706. The van der Waals surface area contributed by atoms with E-state index in [1.807, 2.05) is 6.92 Å². The van der Waals surface area contributed by atoms with Crippen LogP contribution in [0.3, 0.4) is 0 Å². The average Bonchev–Trinajstić information content (AvgIpc) is 2.56. The van der Waals surface area contributed by atoms with Crippen LogP contribution in [0.25, 0.3) is 0 Å². The fourth-order valence-corrected chi connectivity index (χ4v) is 2.06. The van der Waals surface area contributed by atoms with Crippen LogP contribution in [0.2, 0.25) is 5.02 Å². The zero-order chi connectivity index (χ0) is 17.5. The van der Waals surface area contributed by atoms with Crippen LogP contribution in [-0.2, 0) is 11.3 Å². The van der Waals surface area contributed by atoms with Crippen molar-refractivity contribution in [1.82, 2.24) is 10.6 Å². The number of rotatable bonds is 5. The summed E-state index contributed by atoms with van der Waals surface area (Å²) in [6, 6.07) is 10.4. The molecule has 2 aromatic rings. The van der Waals surface area contributed by atoms with Crippen molar-refractivity contribution in [3.63, 3.8) is 0 Å². The van der Waals surface area contributed by atoms with Crippen molar-refractivity contribution in [2.24, 2.45) is 0 Å². The monoisotopic (exact) mass is 349 g/mol. The topological polar surface area (TPSA) is 70.2 Å². The molecule has 0 heterocycles. The summed E-state index contributed by atoms with van der Waals surface area (Å²) < 4.78 is 12.8. The van der Waals surface area contributed by atoms with E-state index < -0.39 is 6.03 Å². The lowest BCUT2D eigenvalue weighted by Crippen LogP contribution is -2.39. The molecule has 3 N–H and O–H groups in total. The molecule has 2 aromatic carbocycles. The van der Waals surface area contributed by atoms with E-state index in [1.165, 1.54) is 12.1 Å². The molecule has 0 bridgehead atoms. The predicted molar refractivity (Wildman–Crippen MR) is 91.5 cm³/mol. The Morgan fingerprint density at radius 1 is 1.08 bits per heavy atom. The molecular weight excluding hydrogens is 333 g/mol. The molecule has 126 valence electrons. The average molecular weight is 350 g/mol. The van der Waals surface area contributed by atoms with Gasteiger partial charge in [0, 0.05) is 17.3 Å². The molecule has 0 aliphatic rings. The van der Waals surface area contributed by atoms with E-state index in [4.69, 9.17) is 11.6 Å². The van der Waals surface area contributed by atoms with Gasteiger partial charge >= 0.3 is 6.03 Å². The first-order valence-electron chi connectivity index (χ1n) is 7.26. The lowest BCUT2D eigenvalue weighted by atomic mass is 10.2. The van der Waals surface area contributed by atoms with E-state index in [-0.39, 0.29) is 24.8 Å².